The molecule has 0 atom stereocenters. The molecule has 2 aromatic rings. The van der Waals surface area contributed by atoms with E-state index < -0.39 is 0 Å². The molecule has 0 radical (unpaired) electrons. The fraction of sp³-hybridized carbons (Fsp3) is 0.529. The molecule has 122 valence electrons. The normalized spacial score (nSPS) is 20.2. The second-order valence-electron chi connectivity index (χ2n) is 6.30. The Morgan fingerprint density at radius 1 is 1.13 bits per heavy atom. The minimum absolute atomic E-state index is 0.227. The minimum atomic E-state index is 0.227. The van der Waals surface area contributed by atoms with Gasteiger partial charge in [0.05, 0.1) is 10.2 Å². The molecule has 0 unspecified atom stereocenters. The highest BCUT2D eigenvalue weighted by Gasteiger charge is 2.29. The number of fused-ring (bicyclic) bond motifs is 1. The Hall–Kier alpha value is -1.66. The number of piperazine rings is 1. The van der Waals surface area contributed by atoms with Crippen LogP contribution in [0.5, 0.6) is 0 Å². The number of carbonyl (C=O) groups excluding carboxylic acids is 1. The third-order valence-corrected chi connectivity index (χ3v) is 5.93. The van der Waals surface area contributed by atoms with Crippen LogP contribution in [0, 0.1) is 5.92 Å². The number of rotatable bonds is 2. The van der Waals surface area contributed by atoms with Crippen LogP contribution in [0.25, 0.3) is 10.2 Å². The van der Waals surface area contributed by atoms with Crippen molar-refractivity contribution in [2.75, 3.05) is 44.2 Å². The first kappa shape index (κ1) is 14.9. The Morgan fingerprint density at radius 3 is 2.61 bits per heavy atom. The van der Waals surface area contributed by atoms with Gasteiger partial charge < -0.3 is 15.1 Å². The van der Waals surface area contributed by atoms with Crippen LogP contribution in [0.1, 0.15) is 12.8 Å². The summed E-state index contributed by atoms with van der Waals surface area (Å²) in [4.78, 5) is 21.7. The van der Waals surface area contributed by atoms with E-state index in [4.69, 9.17) is 4.98 Å². The lowest BCUT2D eigenvalue weighted by molar-refractivity contribution is -0.136. The molecule has 1 amide bonds. The zero-order chi connectivity index (χ0) is 15.6. The molecule has 5 nitrogen and oxygen atoms in total. The van der Waals surface area contributed by atoms with E-state index in [1.807, 2.05) is 6.07 Å². The van der Waals surface area contributed by atoms with E-state index in [0.717, 1.165) is 62.8 Å². The molecule has 2 aliphatic rings. The molecular weight excluding hydrogens is 308 g/mol. The molecule has 23 heavy (non-hydrogen) atoms. The lowest BCUT2D eigenvalue weighted by atomic mass is 9.96. The molecule has 1 aromatic carbocycles. The molecular formula is C17H22N4OS. The van der Waals surface area contributed by atoms with Crippen LogP contribution in [-0.2, 0) is 4.79 Å². The summed E-state index contributed by atoms with van der Waals surface area (Å²) in [5, 5.41) is 4.41. The maximum absolute atomic E-state index is 12.6. The minimum Gasteiger partial charge on any atom is -0.345 e. The average molecular weight is 330 g/mol. The fourth-order valence-corrected chi connectivity index (χ4v) is 4.46. The maximum atomic E-state index is 12.6. The average Bonchev–Trinajstić information content (AvgIpc) is 3.06. The summed E-state index contributed by atoms with van der Waals surface area (Å²) >= 11 is 1.74. The Labute approximate surface area is 140 Å². The molecule has 1 N–H and O–H groups in total. The molecule has 0 bridgehead atoms. The molecule has 2 saturated heterocycles. The van der Waals surface area contributed by atoms with Gasteiger partial charge >= 0.3 is 0 Å². The quantitative estimate of drug-likeness (QED) is 0.914. The zero-order valence-electron chi connectivity index (χ0n) is 13.2. The van der Waals surface area contributed by atoms with E-state index in [1.165, 1.54) is 4.70 Å². The van der Waals surface area contributed by atoms with Crippen LogP contribution in [-0.4, -0.2) is 55.1 Å². The van der Waals surface area contributed by atoms with Crippen molar-refractivity contribution in [2.45, 2.75) is 12.8 Å². The van der Waals surface area contributed by atoms with Crippen LogP contribution < -0.4 is 10.2 Å². The standard InChI is InChI=1S/C17H22N4OS/c22-16(13-5-7-18-8-6-13)20-9-11-21(12-10-20)17-19-14-3-1-2-4-15(14)23-17/h1-4,13,18H,5-12H2. The Kier molecular flexibility index (Phi) is 4.18. The van der Waals surface area contributed by atoms with Crippen molar-refractivity contribution in [3.63, 3.8) is 0 Å². The van der Waals surface area contributed by atoms with Crippen molar-refractivity contribution in [1.29, 1.82) is 0 Å². The second-order valence-corrected chi connectivity index (χ2v) is 7.31. The first-order valence-corrected chi connectivity index (χ1v) is 9.23. The molecule has 0 saturated carbocycles. The van der Waals surface area contributed by atoms with Crippen molar-refractivity contribution in [3.05, 3.63) is 24.3 Å². The van der Waals surface area contributed by atoms with E-state index in [-0.39, 0.29) is 5.92 Å². The summed E-state index contributed by atoms with van der Waals surface area (Å²) in [6, 6.07) is 8.26. The summed E-state index contributed by atoms with van der Waals surface area (Å²) in [6.07, 6.45) is 1.97. The Bertz CT molecular complexity index is 654. The summed E-state index contributed by atoms with van der Waals surface area (Å²) in [5.41, 5.74) is 1.07. The lowest BCUT2D eigenvalue weighted by Gasteiger charge is -2.37. The van der Waals surface area contributed by atoms with Crippen molar-refractivity contribution in [1.82, 2.24) is 15.2 Å². The number of carbonyl (C=O) groups is 1. The number of hydrogen-bond acceptors (Lipinski definition) is 5. The highest BCUT2D eigenvalue weighted by molar-refractivity contribution is 7.22. The summed E-state index contributed by atoms with van der Waals surface area (Å²) in [7, 11) is 0. The third kappa shape index (κ3) is 3.05. The fourth-order valence-electron chi connectivity index (χ4n) is 3.44. The van der Waals surface area contributed by atoms with E-state index >= 15 is 0 Å². The van der Waals surface area contributed by atoms with E-state index in [9.17, 15) is 4.79 Å². The largest absolute Gasteiger partial charge is 0.345 e. The van der Waals surface area contributed by atoms with Crippen LogP contribution in [0.2, 0.25) is 0 Å². The van der Waals surface area contributed by atoms with E-state index in [2.05, 4.69) is 33.3 Å². The number of piperidine rings is 1. The molecule has 6 heteroatoms. The SMILES string of the molecule is O=C(C1CCNCC1)N1CCN(c2nc3ccccc3s2)CC1. The first-order valence-electron chi connectivity index (χ1n) is 8.41. The number of anilines is 1. The lowest BCUT2D eigenvalue weighted by Crippen LogP contribution is -2.51. The number of nitrogens with one attached hydrogen (secondary N) is 1. The van der Waals surface area contributed by atoms with Gasteiger partial charge in [0, 0.05) is 32.1 Å². The van der Waals surface area contributed by atoms with Gasteiger partial charge in [-0.1, -0.05) is 23.5 Å². The van der Waals surface area contributed by atoms with E-state index in [1.54, 1.807) is 11.3 Å². The Morgan fingerprint density at radius 2 is 1.87 bits per heavy atom. The maximum Gasteiger partial charge on any atom is 0.225 e. The van der Waals surface area contributed by atoms with Crippen LogP contribution in [0.4, 0.5) is 5.13 Å². The molecule has 3 heterocycles. The van der Waals surface area contributed by atoms with Gasteiger partial charge in [-0.2, -0.15) is 0 Å². The Balaban J connectivity index is 1.39. The van der Waals surface area contributed by atoms with Gasteiger partial charge in [0.1, 0.15) is 0 Å². The number of aromatic nitrogens is 1. The van der Waals surface area contributed by atoms with Gasteiger partial charge in [0.2, 0.25) is 5.91 Å². The monoisotopic (exact) mass is 330 g/mol. The second kappa shape index (κ2) is 6.45. The molecule has 1 aromatic heterocycles. The third-order valence-electron chi connectivity index (χ3n) is 4.83. The number of amides is 1. The van der Waals surface area contributed by atoms with Gasteiger partial charge in [0.15, 0.2) is 5.13 Å². The first-order chi connectivity index (χ1) is 11.3. The van der Waals surface area contributed by atoms with Crippen molar-refractivity contribution in [2.24, 2.45) is 5.92 Å². The molecule has 2 aliphatic heterocycles. The van der Waals surface area contributed by atoms with Crippen molar-refractivity contribution in [3.8, 4) is 0 Å². The van der Waals surface area contributed by atoms with Crippen molar-refractivity contribution < 1.29 is 4.79 Å². The predicted molar refractivity (Wildman–Crippen MR) is 94.0 cm³/mol. The molecule has 0 aliphatic carbocycles. The number of nitrogens with zero attached hydrogens (tertiary/aromatic N) is 3. The van der Waals surface area contributed by atoms with Crippen LogP contribution in [0.15, 0.2) is 24.3 Å². The topological polar surface area (TPSA) is 48.5 Å². The number of para-hydroxylation sites is 1. The van der Waals surface area contributed by atoms with Gasteiger partial charge in [-0.3, -0.25) is 4.79 Å². The van der Waals surface area contributed by atoms with Gasteiger partial charge in [-0.15, -0.1) is 0 Å². The smallest absolute Gasteiger partial charge is 0.225 e. The van der Waals surface area contributed by atoms with Crippen molar-refractivity contribution >= 4 is 32.6 Å². The highest BCUT2D eigenvalue weighted by Crippen LogP contribution is 2.29. The van der Waals surface area contributed by atoms with Gasteiger partial charge in [-0.25, -0.2) is 4.98 Å². The summed E-state index contributed by atoms with van der Waals surface area (Å²) < 4.78 is 1.23. The highest BCUT2D eigenvalue weighted by atomic mass is 32.1. The summed E-state index contributed by atoms with van der Waals surface area (Å²) in [5.74, 6) is 0.584. The van der Waals surface area contributed by atoms with E-state index in [0.29, 0.717) is 5.91 Å². The van der Waals surface area contributed by atoms with Crippen LogP contribution in [0.3, 0.4) is 0 Å². The van der Waals surface area contributed by atoms with Crippen LogP contribution >= 0.6 is 11.3 Å². The summed E-state index contributed by atoms with van der Waals surface area (Å²) in [6.45, 7) is 5.36. The molecule has 0 spiro atoms. The van der Waals surface area contributed by atoms with Gasteiger partial charge in [-0.05, 0) is 38.1 Å². The number of hydrogen-bond donors (Lipinski definition) is 1. The molecule has 2 fully saturated rings. The number of benzene rings is 1. The predicted octanol–water partition coefficient (Wildman–Crippen LogP) is 1.94. The number of thiazole rings is 1. The zero-order valence-corrected chi connectivity index (χ0v) is 14.0. The van der Waals surface area contributed by atoms with Gasteiger partial charge in [0.25, 0.3) is 0 Å². The molecule has 4 rings (SSSR count).